The monoisotopic (exact) mass is 418 g/mol. The first-order chi connectivity index (χ1) is 14.4. The lowest BCUT2D eigenvalue weighted by atomic mass is 10.1. The fraction of sp³-hybridized carbons (Fsp3) is 0.316. The van der Waals surface area contributed by atoms with Gasteiger partial charge in [-0.2, -0.15) is 18.0 Å². The predicted molar refractivity (Wildman–Crippen MR) is 100 cm³/mol. The minimum Gasteiger partial charge on any atom is -0.333 e. The molecule has 1 aliphatic rings. The summed E-state index contributed by atoms with van der Waals surface area (Å²) in [7, 11) is 0. The molecule has 1 aromatic carbocycles. The maximum absolute atomic E-state index is 12.9. The van der Waals surface area contributed by atoms with E-state index in [9.17, 15) is 18.0 Å². The Morgan fingerprint density at radius 3 is 2.57 bits per heavy atom. The number of H-pyrrole nitrogens is 1. The van der Waals surface area contributed by atoms with Crippen molar-refractivity contribution in [1.29, 1.82) is 0 Å². The number of carbonyl (C=O) groups excluding carboxylic acids is 1. The van der Waals surface area contributed by atoms with Gasteiger partial charge in [-0.25, -0.2) is 4.98 Å². The number of hydrogen-bond acceptors (Lipinski definition) is 5. The molecule has 1 aliphatic heterocycles. The Bertz CT molecular complexity index is 1010. The van der Waals surface area contributed by atoms with Crippen LogP contribution in [0.25, 0.3) is 11.4 Å². The molecule has 30 heavy (non-hydrogen) atoms. The lowest BCUT2D eigenvalue weighted by molar-refractivity contribution is -0.364. The van der Waals surface area contributed by atoms with Gasteiger partial charge in [0.15, 0.2) is 0 Å². The number of benzene rings is 1. The second kappa shape index (κ2) is 8.09. The van der Waals surface area contributed by atoms with Crippen LogP contribution in [0.5, 0.6) is 0 Å². The SMILES string of the molecule is O=C(Cn1nnc(-c2cccc(C(F)(F)F)c2)n1)N1CCN(c2cccc[nH+]2)CC1. The topological polar surface area (TPSA) is 81.3 Å². The molecule has 0 saturated carbocycles. The third-order valence-electron chi connectivity index (χ3n) is 4.84. The molecular formula is C19H19F3N7O+. The molecule has 3 heterocycles. The molecule has 0 unspecified atom stereocenters. The van der Waals surface area contributed by atoms with E-state index < -0.39 is 11.7 Å². The molecule has 11 heteroatoms. The zero-order chi connectivity index (χ0) is 21.1. The van der Waals surface area contributed by atoms with E-state index in [1.54, 1.807) is 4.90 Å². The number of alkyl halides is 3. The molecule has 1 fully saturated rings. The van der Waals surface area contributed by atoms with Crippen LogP contribution in [0.4, 0.5) is 19.0 Å². The molecule has 3 aromatic rings. The molecule has 2 aromatic heterocycles. The fourth-order valence-corrected chi connectivity index (χ4v) is 3.26. The highest BCUT2D eigenvalue weighted by atomic mass is 19.4. The molecule has 1 N–H and O–H groups in total. The Hall–Kier alpha value is -3.50. The molecule has 156 valence electrons. The number of nitrogens with zero attached hydrogens (tertiary/aromatic N) is 6. The zero-order valence-electron chi connectivity index (χ0n) is 15.9. The summed E-state index contributed by atoms with van der Waals surface area (Å²) in [5.41, 5.74) is -0.600. The van der Waals surface area contributed by atoms with Crippen LogP contribution in [-0.4, -0.2) is 57.2 Å². The number of piperazine rings is 1. The van der Waals surface area contributed by atoms with Crippen LogP contribution in [-0.2, 0) is 17.5 Å². The van der Waals surface area contributed by atoms with Crippen molar-refractivity contribution in [2.45, 2.75) is 12.7 Å². The predicted octanol–water partition coefficient (Wildman–Crippen LogP) is 1.52. The molecule has 0 atom stereocenters. The van der Waals surface area contributed by atoms with Crippen LogP contribution < -0.4 is 9.88 Å². The molecule has 0 aliphatic carbocycles. The second-order valence-corrected chi connectivity index (χ2v) is 6.84. The minimum absolute atomic E-state index is 0.0401. The van der Waals surface area contributed by atoms with Crippen molar-refractivity contribution in [3.63, 3.8) is 0 Å². The van der Waals surface area contributed by atoms with E-state index in [0.29, 0.717) is 26.2 Å². The Morgan fingerprint density at radius 1 is 1.07 bits per heavy atom. The molecule has 8 nitrogen and oxygen atoms in total. The van der Waals surface area contributed by atoms with Gasteiger partial charge >= 0.3 is 6.18 Å². The Labute approximate surface area is 169 Å². The number of amides is 1. The summed E-state index contributed by atoms with van der Waals surface area (Å²) in [5, 5.41) is 11.7. The highest BCUT2D eigenvalue weighted by Gasteiger charge is 2.31. The number of aromatic nitrogens is 5. The van der Waals surface area contributed by atoms with Crippen molar-refractivity contribution in [3.05, 3.63) is 54.2 Å². The average molecular weight is 418 g/mol. The van der Waals surface area contributed by atoms with Crippen molar-refractivity contribution in [3.8, 4) is 11.4 Å². The lowest BCUT2D eigenvalue weighted by Crippen LogP contribution is -2.50. The standard InChI is InChI=1S/C19H18F3N7O/c20-19(21,22)15-5-3-4-14(12-15)18-24-26-29(25-18)13-17(30)28-10-8-27(9-11-28)16-6-1-2-7-23-16/h1-7,12H,8-11,13H2/p+1. The first kappa shape index (κ1) is 19.8. The van der Waals surface area contributed by atoms with Crippen LogP contribution >= 0.6 is 0 Å². The summed E-state index contributed by atoms with van der Waals surface area (Å²) >= 11 is 0. The van der Waals surface area contributed by atoms with E-state index in [0.717, 1.165) is 22.7 Å². The van der Waals surface area contributed by atoms with Gasteiger partial charge in [-0.3, -0.25) is 9.69 Å². The van der Waals surface area contributed by atoms with Crippen LogP contribution in [0.2, 0.25) is 0 Å². The maximum Gasteiger partial charge on any atom is 0.416 e. The van der Waals surface area contributed by atoms with E-state index in [1.165, 1.54) is 12.1 Å². The molecule has 4 rings (SSSR count). The van der Waals surface area contributed by atoms with Crippen LogP contribution in [0.3, 0.4) is 0 Å². The number of rotatable bonds is 4. The van der Waals surface area contributed by atoms with Gasteiger partial charge in [-0.1, -0.05) is 18.2 Å². The first-order valence-corrected chi connectivity index (χ1v) is 9.35. The van der Waals surface area contributed by atoms with E-state index in [-0.39, 0.29) is 23.8 Å². The summed E-state index contributed by atoms with van der Waals surface area (Å²) in [4.78, 5) is 20.7. The third kappa shape index (κ3) is 4.39. The second-order valence-electron chi connectivity index (χ2n) is 6.84. The Balaban J connectivity index is 1.37. The van der Waals surface area contributed by atoms with E-state index >= 15 is 0 Å². The summed E-state index contributed by atoms with van der Waals surface area (Å²) in [5.74, 6) is 0.867. The highest BCUT2D eigenvalue weighted by Crippen LogP contribution is 2.31. The van der Waals surface area contributed by atoms with Crippen molar-refractivity contribution in [2.24, 2.45) is 0 Å². The van der Waals surface area contributed by atoms with Gasteiger partial charge in [0, 0.05) is 11.6 Å². The van der Waals surface area contributed by atoms with E-state index in [1.807, 2.05) is 24.4 Å². The van der Waals surface area contributed by atoms with E-state index in [2.05, 4.69) is 25.3 Å². The smallest absolute Gasteiger partial charge is 0.333 e. The quantitative estimate of drug-likeness (QED) is 0.642. The van der Waals surface area contributed by atoms with Crippen molar-refractivity contribution in [1.82, 2.24) is 25.1 Å². The fourth-order valence-electron chi connectivity index (χ4n) is 3.26. The molecule has 1 amide bonds. The van der Waals surface area contributed by atoms with Crippen molar-refractivity contribution < 1.29 is 22.9 Å². The molecule has 0 radical (unpaired) electrons. The summed E-state index contributed by atoms with van der Waals surface area (Å²) in [6, 6.07) is 10.5. The van der Waals surface area contributed by atoms with E-state index in [4.69, 9.17) is 0 Å². The molecular weight excluding hydrogens is 399 g/mol. The first-order valence-electron chi connectivity index (χ1n) is 9.35. The number of nitrogens with one attached hydrogen (secondary N) is 1. The summed E-state index contributed by atoms with van der Waals surface area (Å²) in [6.45, 7) is 2.36. The van der Waals surface area contributed by atoms with Crippen LogP contribution in [0, 0.1) is 0 Å². The molecule has 0 spiro atoms. The molecule has 0 bridgehead atoms. The number of aromatic amines is 1. The minimum atomic E-state index is -4.46. The zero-order valence-corrected chi connectivity index (χ0v) is 15.9. The summed E-state index contributed by atoms with van der Waals surface area (Å²) in [6.07, 6.45) is -2.60. The average Bonchev–Trinajstić information content (AvgIpc) is 3.22. The number of hydrogen-bond donors (Lipinski definition) is 0. The molecule has 1 saturated heterocycles. The van der Waals surface area contributed by atoms with Gasteiger partial charge in [0.2, 0.25) is 11.7 Å². The number of halogens is 3. The Morgan fingerprint density at radius 2 is 1.87 bits per heavy atom. The highest BCUT2D eigenvalue weighted by molar-refractivity contribution is 5.76. The van der Waals surface area contributed by atoms with Gasteiger partial charge in [0.25, 0.3) is 5.82 Å². The maximum atomic E-state index is 12.9. The van der Waals surface area contributed by atoms with Gasteiger partial charge in [0.1, 0.15) is 19.6 Å². The Kier molecular flexibility index (Phi) is 5.34. The van der Waals surface area contributed by atoms with Crippen molar-refractivity contribution >= 4 is 11.7 Å². The number of carbonyl (C=O) groups is 1. The van der Waals surface area contributed by atoms with Gasteiger partial charge in [0.05, 0.1) is 24.8 Å². The van der Waals surface area contributed by atoms with Crippen LogP contribution in [0.1, 0.15) is 5.56 Å². The lowest BCUT2D eigenvalue weighted by Gasteiger charge is -2.30. The number of tetrazole rings is 1. The van der Waals surface area contributed by atoms with Crippen LogP contribution in [0.15, 0.2) is 48.7 Å². The largest absolute Gasteiger partial charge is 0.416 e. The van der Waals surface area contributed by atoms with Crippen molar-refractivity contribution in [2.75, 3.05) is 31.1 Å². The third-order valence-corrected chi connectivity index (χ3v) is 4.84. The van der Waals surface area contributed by atoms with Gasteiger partial charge in [-0.15, -0.1) is 10.2 Å². The van der Waals surface area contributed by atoms with Gasteiger partial charge < -0.3 is 4.90 Å². The normalized spacial score (nSPS) is 14.8. The summed E-state index contributed by atoms with van der Waals surface area (Å²) < 4.78 is 38.7. The van der Waals surface area contributed by atoms with Gasteiger partial charge in [-0.05, 0) is 23.4 Å². The number of anilines is 1. The number of pyridine rings is 1.